The van der Waals surface area contributed by atoms with Crippen molar-refractivity contribution in [3.8, 4) is 0 Å². The highest BCUT2D eigenvalue weighted by molar-refractivity contribution is 8.18. The smallest absolute Gasteiger partial charge is 0.293 e. The number of halogens is 3. The molecule has 0 saturated carbocycles. The van der Waals surface area contributed by atoms with Crippen LogP contribution in [0.2, 0.25) is 10.0 Å². The van der Waals surface area contributed by atoms with Crippen LogP contribution in [0, 0.1) is 5.82 Å². The maximum Gasteiger partial charge on any atom is 0.293 e. The highest BCUT2D eigenvalue weighted by Gasteiger charge is 2.35. The number of hydrogen-bond acceptors (Lipinski definition) is 3. The van der Waals surface area contributed by atoms with Crippen LogP contribution in [-0.4, -0.2) is 20.6 Å². The first kappa shape index (κ1) is 22.7. The molecule has 0 spiro atoms. The van der Waals surface area contributed by atoms with Crippen molar-refractivity contribution in [3.63, 3.8) is 0 Å². The summed E-state index contributed by atoms with van der Waals surface area (Å²) in [6.45, 7) is 0.594. The normalized spacial score (nSPS) is 15.1. The van der Waals surface area contributed by atoms with E-state index in [0.717, 1.165) is 39.4 Å². The average molecular weight is 511 g/mol. The Labute approximate surface area is 209 Å². The number of aromatic nitrogens is 1. The number of para-hydroxylation sites is 1. The van der Waals surface area contributed by atoms with Crippen LogP contribution in [0.5, 0.6) is 0 Å². The van der Waals surface area contributed by atoms with E-state index in [1.54, 1.807) is 30.3 Å². The lowest BCUT2D eigenvalue weighted by atomic mass is 10.1. The summed E-state index contributed by atoms with van der Waals surface area (Å²) in [5.74, 6) is -0.728. The van der Waals surface area contributed by atoms with E-state index >= 15 is 0 Å². The highest BCUT2D eigenvalue weighted by atomic mass is 35.5. The Kier molecular flexibility index (Phi) is 6.21. The van der Waals surface area contributed by atoms with Gasteiger partial charge in [0.25, 0.3) is 11.1 Å². The van der Waals surface area contributed by atoms with Crippen molar-refractivity contribution in [2.45, 2.75) is 13.1 Å². The van der Waals surface area contributed by atoms with E-state index < -0.39 is 0 Å². The lowest BCUT2D eigenvalue weighted by Gasteiger charge is -2.12. The Morgan fingerprint density at radius 1 is 0.941 bits per heavy atom. The van der Waals surface area contributed by atoms with Crippen molar-refractivity contribution < 1.29 is 14.0 Å². The van der Waals surface area contributed by atoms with Crippen molar-refractivity contribution in [1.29, 1.82) is 0 Å². The molecule has 34 heavy (non-hydrogen) atoms. The first-order chi connectivity index (χ1) is 16.4. The predicted molar refractivity (Wildman–Crippen MR) is 135 cm³/mol. The van der Waals surface area contributed by atoms with E-state index in [9.17, 15) is 14.0 Å². The molecule has 1 aromatic heterocycles. The molecule has 5 rings (SSSR count). The number of hydrogen-bond donors (Lipinski definition) is 0. The third kappa shape index (κ3) is 4.49. The van der Waals surface area contributed by atoms with Crippen LogP contribution in [0.25, 0.3) is 17.0 Å². The molecule has 1 aliphatic rings. The first-order valence-electron chi connectivity index (χ1n) is 10.4. The quantitative estimate of drug-likeness (QED) is 0.263. The number of nitrogens with zero attached hydrogens (tertiary/aromatic N) is 2. The van der Waals surface area contributed by atoms with Crippen LogP contribution >= 0.6 is 35.0 Å². The molecular formula is C26H17Cl2FN2O2S. The fourth-order valence-electron chi connectivity index (χ4n) is 3.95. The molecule has 0 radical (unpaired) electrons. The second-order valence-corrected chi connectivity index (χ2v) is 9.70. The van der Waals surface area contributed by atoms with Gasteiger partial charge in [-0.1, -0.05) is 59.6 Å². The van der Waals surface area contributed by atoms with Gasteiger partial charge in [-0.2, -0.15) is 0 Å². The zero-order valence-corrected chi connectivity index (χ0v) is 20.0. The zero-order chi connectivity index (χ0) is 23.8. The standard InChI is InChI=1S/C26H17Cl2FN2O2S/c27-19-5-3-4-16(10-19)13-31-25(32)24(34-26(31)33)11-18-15-30(23-7-2-1-6-21(18)23)14-17-8-9-20(29)12-22(17)28/h1-12,15H,13-14H2/b24-11-. The molecule has 0 N–H and O–H groups in total. The SMILES string of the molecule is O=C1S/C(=C\c2cn(Cc3ccc(F)cc3Cl)c3ccccc23)C(=O)N1Cc1cccc(Cl)c1. The van der Waals surface area contributed by atoms with E-state index in [1.807, 2.05) is 41.1 Å². The molecule has 0 atom stereocenters. The molecule has 170 valence electrons. The van der Waals surface area contributed by atoms with Gasteiger partial charge in [0.15, 0.2) is 0 Å². The molecule has 4 aromatic rings. The van der Waals surface area contributed by atoms with Crippen LogP contribution < -0.4 is 0 Å². The highest BCUT2D eigenvalue weighted by Crippen LogP contribution is 2.35. The third-order valence-electron chi connectivity index (χ3n) is 5.57. The minimum atomic E-state index is -0.389. The fraction of sp³-hybridized carbons (Fsp3) is 0.0769. The molecule has 1 saturated heterocycles. The monoisotopic (exact) mass is 510 g/mol. The molecule has 3 aromatic carbocycles. The molecule has 1 aliphatic heterocycles. The fourth-order valence-corrected chi connectivity index (χ4v) is 5.22. The lowest BCUT2D eigenvalue weighted by molar-refractivity contribution is -0.123. The Balaban J connectivity index is 1.47. The number of thioether (sulfide) groups is 1. The Hall–Kier alpha value is -3.06. The second kappa shape index (κ2) is 9.29. The molecule has 1 fully saturated rings. The molecule has 0 bridgehead atoms. The van der Waals surface area contributed by atoms with E-state index in [-0.39, 0.29) is 23.5 Å². The van der Waals surface area contributed by atoms with Gasteiger partial charge >= 0.3 is 0 Å². The van der Waals surface area contributed by atoms with Gasteiger partial charge in [-0.15, -0.1) is 0 Å². The van der Waals surface area contributed by atoms with Crippen LogP contribution in [0.1, 0.15) is 16.7 Å². The predicted octanol–water partition coefficient (Wildman–Crippen LogP) is 7.37. The number of amides is 2. The third-order valence-corrected chi connectivity index (χ3v) is 7.06. The first-order valence-corrected chi connectivity index (χ1v) is 12.0. The molecule has 0 unspecified atom stereocenters. The van der Waals surface area contributed by atoms with Crippen molar-refractivity contribution >= 4 is 63.1 Å². The van der Waals surface area contributed by atoms with Crippen LogP contribution in [0.4, 0.5) is 9.18 Å². The van der Waals surface area contributed by atoms with Gasteiger partial charge in [0.2, 0.25) is 0 Å². The topological polar surface area (TPSA) is 42.3 Å². The summed E-state index contributed by atoms with van der Waals surface area (Å²) in [6, 6.07) is 19.2. The van der Waals surface area contributed by atoms with E-state index in [4.69, 9.17) is 23.2 Å². The molecule has 8 heteroatoms. The van der Waals surface area contributed by atoms with Crippen molar-refractivity contribution in [1.82, 2.24) is 9.47 Å². The van der Waals surface area contributed by atoms with Crippen molar-refractivity contribution in [2.75, 3.05) is 0 Å². The van der Waals surface area contributed by atoms with Gasteiger partial charge in [0, 0.05) is 39.3 Å². The zero-order valence-electron chi connectivity index (χ0n) is 17.7. The summed E-state index contributed by atoms with van der Waals surface area (Å²) in [5.41, 5.74) is 3.30. The van der Waals surface area contributed by atoms with Crippen LogP contribution in [0.3, 0.4) is 0 Å². The molecule has 2 heterocycles. The Morgan fingerprint density at radius 2 is 1.76 bits per heavy atom. The maximum atomic E-state index is 13.5. The molecule has 2 amide bonds. The number of fused-ring (bicyclic) bond motifs is 1. The van der Waals surface area contributed by atoms with Gasteiger partial charge in [-0.25, -0.2) is 4.39 Å². The average Bonchev–Trinajstić information content (AvgIpc) is 3.28. The van der Waals surface area contributed by atoms with E-state index in [2.05, 4.69) is 0 Å². The van der Waals surface area contributed by atoms with Gasteiger partial charge < -0.3 is 4.57 Å². The minimum absolute atomic E-state index is 0.160. The maximum absolute atomic E-state index is 13.5. The van der Waals surface area contributed by atoms with E-state index in [0.29, 0.717) is 21.5 Å². The van der Waals surface area contributed by atoms with Crippen LogP contribution in [0.15, 0.2) is 77.8 Å². The Bertz CT molecular complexity index is 1480. The second-order valence-electron chi connectivity index (χ2n) is 7.86. The summed E-state index contributed by atoms with van der Waals surface area (Å²) >= 11 is 13.2. The number of rotatable bonds is 5. The number of carbonyl (C=O) groups is 2. The molecule has 0 aliphatic carbocycles. The summed E-state index contributed by atoms with van der Waals surface area (Å²) in [4.78, 5) is 27.2. The number of benzene rings is 3. The summed E-state index contributed by atoms with van der Waals surface area (Å²) in [5, 5.41) is 1.51. The lowest BCUT2D eigenvalue weighted by Crippen LogP contribution is -2.27. The summed E-state index contributed by atoms with van der Waals surface area (Å²) < 4.78 is 15.5. The van der Waals surface area contributed by atoms with Gasteiger partial charge in [0.05, 0.1) is 11.4 Å². The number of carbonyl (C=O) groups excluding carboxylic acids is 2. The number of imide groups is 1. The largest absolute Gasteiger partial charge is 0.342 e. The van der Waals surface area contributed by atoms with Crippen molar-refractivity contribution in [3.05, 3.63) is 110 Å². The Morgan fingerprint density at radius 3 is 2.56 bits per heavy atom. The molecule has 4 nitrogen and oxygen atoms in total. The summed E-state index contributed by atoms with van der Waals surface area (Å²) in [6.07, 6.45) is 3.66. The van der Waals surface area contributed by atoms with Crippen molar-refractivity contribution in [2.24, 2.45) is 0 Å². The van der Waals surface area contributed by atoms with E-state index in [1.165, 1.54) is 17.0 Å². The van der Waals surface area contributed by atoms with Crippen LogP contribution in [-0.2, 0) is 17.9 Å². The summed E-state index contributed by atoms with van der Waals surface area (Å²) in [7, 11) is 0. The van der Waals surface area contributed by atoms with Gasteiger partial charge in [0.1, 0.15) is 5.82 Å². The molecular weight excluding hydrogens is 494 g/mol. The van der Waals surface area contributed by atoms with Gasteiger partial charge in [-0.05, 0) is 59.3 Å². The minimum Gasteiger partial charge on any atom is -0.342 e. The van der Waals surface area contributed by atoms with Gasteiger partial charge in [-0.3, -0.25) is 14.5 Å².